The molecule has 0 fully saturated rings. The van der Waals surface area contributed by atoms with E-state index in [9.17, 15) is 4.79 Å². The van der Waals surface area contributed by atoms with Crippen LogP contribution in [-0.4, -0.2) is 12.6 Å². The van der Waals surface area contributed by atoms with Crippen LogP contribution in [-0.2, 0) is 9.53 Å². The second-order valence-electron chi connectivity index (χ2n) is 5.04. The molecule has 0 saturated carbocycles. The molecule has 0 N–H and O–H groups in total. The molecule has 15 heavy (non-hydrogen) atoms. The van der Waals surface area contributed by atoms with Gasteiger partial charge >= 0.3 is 5.97 Å². The van der Waals surface area contributed by atoms with Crippen LogP contribution in [0.4, 0.5) is 0 Å². The fraction of sp³-hybridized carbons (Fsp3) is 0.923. The first-order chi connectivity index (χ1) is 7.02. The van der Waals surface area contributed by atoms with Crippen LogP contribution in [0.5, 0.6) is 0 Å². The molecule has 0 aliphatic heterocycles. The lowest BCUT2D eigenvalue weighted by molar-refractivity contribution is -0.144. The van der Waals surface area contributed by atoms with Crippen LogP contribution in [0, 0.1) is 11.8 Å². The molecule has 0 spiro atoms. The highest BCUT2D eigenvalue weighted by Crippen LogP contribution is 2.08. The molecule has 0 rings (SSSR count). The monoisotopic (exact) mass is 214 g/mol. The van der Waals surface area contributed by atoms with Crippen molar-refractivity contribution in [3.63, 3.8) is 0 Å². The summed E-state index contributed by atoms with van der Waals surface area (Å²) in [7, 11) is 0. The van der Waals surface area contributed by atoms with Crippen LogP contribution in [0.3, 0.4) is 0 Å². The van der Waals surface area contributed by atoms with E-state index in [1.807, 2.05) is 0 Å². The Bertz CT molecular complexity index is 162. The zero-order valence-corrected chi connectivity index (χ0v) is 10.7. The van der Waals surface area contributed by atoms with Crippen LogP contribution in [0.1, 0.15) is 59.8 Å². The number of hydrogen-bond acceptors (Lipinski definition) is 2. The Morgan fingerprint density at radius 2 is 1.53 bits per heavy atom. The van der Waals surface area contributed by atoms with E-state index in [2.05, 4.69) is 27.7 Å². The molecule has 0 amide bonds. The van der Waals surface area contributed by atoms with Gasteiger partial charge in [0.15, 0.2) is 0 Å². The highest BCUT2D eigenvalue weighted by molar-refractivity contribution is 5.69. The minimum Gasteiger partial charge on any atom is -0.466 e. The third-order valence-electron chi connectivity index (χ3n) is 2.35. The summed E-state index contributed by atoms with van der Waals surface area (Å²) in [6.07, 6.45) is 4.79. The van der Waals surface area contributed by atoms with Gasteiger partial charge in [-0.05, 0) is 31.1 Å². The number of carbonyl (C=O) groups excluding carboxylic acids is 1. The summed E-state index contributed by atoms with van der Waals surface area (Å²) < 4.78 is 5.14. The number of hydrogen-bond donors (Lipinski definition) is 0. The van der Waals surface area contributed by atoms with Crippen LogP contribution in [0.15, 0.2) is 0 Å². The van der Waals surface area contributed by atoms with Gasteiger partial charge in [-0.15, -0.1) is 0 Å². The third-order valence-corrected chi connectivity index (χ3v) is 2.35. The normalized spacial score (nSPS) is 11.1. The van der Waals surface area contributed by atoms with Crippen molar-refractivity contribution in [2.75, 3.05) is 6.61 Å². The van der Waals surface area contributed by atoms with Crippen molar-refractivity contribution in [2.24, 2.45) is 11.8 Å². The molecule has 2 heteroatoms. The van der Waals surface area contributed by atoms with E-state index < -0.39 is 0 Å². The SMILES string of the molecule is CC(C)CCCOC(=O)CCCC(C)C. The zero-order valence-electron chi connectivity index (χ0n) is 10.7. The van der Waals surface area contributed by atoms with Crippen molar-refractivity contribution in [1.29, 1.82) is 0 Å². The predicted molar refractivity (Wildman–Crippen MR) is 63.7 cm³/mol. The standard InChI is InChI=1S/C13H26O2/c1-11(2)7-5-9-13(14)15-10-6-8-12(3)4/h11-12H,5-10H2,1-4H3. The molecule has 0 heterocycles. The van der Waals surface area contributed by atoms with Gasteiger partial charge in [-0.1, -0.05) is 34.1 Å². The Morgan fingerprint density at radius 3 is 2.07 bits per heavy atom. The second kappa shape index (κ2) is 8.75. The summed E-state index contributed by atoms with van der Waals surface area (Å²) in [5.41, 5.74) is 0. The molecule has 0 atom stereocenters. The first-order valence-electron chi connectivity index (χ1n) is 6.18. The fourth-order valence-electron chi connectivity index (χ4n) is 1.40. The van der Waals surface area contributed by atoms with Gasteiger partial charge in [0.25, 0.3) is 0 Å². The van der Waals surface area contributed by atoms with E-state index in [1.54, 1.807) is 0 Å². The van der Waals surface area contributed by atoms with Gasteiger partial charge in [0.2, 0.25) is 0 Å². The van der Waals surface area contributed by atoms with Crippen LogP contribution in [0.25, 0.3) is 0 Å². The molecular formula is C13H26O2. The molecule has 0 aromatic heterocycles. The number of ether oxygens (including phenoxy) is 1. The van der Waals surface area contributed by atoms with Crippen molar-refractivity contribution in [3.8, 4) is 0 Å². The van der Waals surface area contributed by atoms with E-state index in [1.165, 1.54) is 0 Å². The molecule has 0 aromatic rings. The van der Waals surface area contributed by atoms with E-state index in [4.69, 9.17) is 4.74 Å². The van der Waals surface area contributed by atoms with Crippen molar-refractivity contribution in [3.05, 3.63) is 0 Å². The minimum absolute atomic E-state index is 0.0283. The minimum atomic E-state index is -0.0283. The smallest absolute Gasteiger partial charge is 0.305 e. The molecule has 0 bridgehead atoms. The van der Waals surface area contributed by atoms with Crippen LogP contribution < -0.4 is 0 Å². The molecule has 0 aliphatic carbocycles. The summed E-state index contributed by atoms with van der Waals surface area (Å²) in [5.74, 6) is 1.35. The van der Waals surface area contributed by atoms with Gasteiger partial charge in [0, 0.05) is 6.42 Å². The molecule has 0 aliphatic rings. The van der Waals surface area contributed by atoms with Crippen molar-refractivity contribution in [1.82, 2.24) is 0 Å². The Morgan fingerprint density at radius 1 is 1.00 bits per heavy atom. The first kappa shape index (κ1) is 14.5. The van der Waals surface area contributed by atoms with Crippen LogP contribution in [0.2, 0.25) is 0 Å². The highest BCUT2D eigenvalue weighted by atomic mass is 16.5. The van der Waals surface area contributed by atoms with Crippen molar-refractivity contribution >= 4 is 5.97 Å². The molecule has 90 valence electrons. The van der Waals surface area contributed by atoms with E-state index in [-0.39, 0.29) is 5.97 Å². The third kappa shape index (κ3) is 11.4. The maximum atomic E-state index is 11.2. The number of rotatable bonds is 8. The van der Waals surface area contributed by atoms with Crippen molar-refractivity contribution < 1.29 is 9.53 Å². The van der Waals surface area contributed by atoms with Gasteiger partial charge < -0.3 is 4.74 Å². The molecule has 0 saturated heterocycles. The average Bonchev–Trinajstić information content (AvgIpc) is 2.11. The Balaban J connectivity index is 3.26. The van der Waals surface area contributed by atoms with Crippen molar-refractivity contribution in [2.45, 2.75) is 59.8 Å². The maximum absolute atomic E-state index is 11.2. The predicted octanol–water partition coefficient (Wildman–Crippen LogP) is 3.79. The summed E-state index contributed by atoms with van der Waals surface area (Å²) in [4.78, 5) is 11.2. The van der Waals surface area contributed by atoms with Gasteiger partial charge in [-0.2, -0.15) is 0 Å². The number of carbonyl (C=O) groups is 1. The van der Waals surface area contributed by atoms with Gasteiger partial charge in [0.1, 0.15) is 0 Å². The van der Waals surface area contributed by atoms with Gasteiger partial charge in [-0.25, -0.2) is 0 Å². The topological polar surface area (TPSA) is 26.3 Å². The Hall–Kier alpha value is -0.530. The fourth-order valence-corrected chi connectivity index (χ4v) is 1.40. The molecule has 2 nitrogen and oxygen atoms in total. The lowest BCUT2D eigenvalue weighted by Gasteiger charge is -2.07. The molecular weight excluding hydrogens is 188 g/mol. The molecule has 0 radical (unpaired) electrons. The maximum Gasteiger partial charge on any atom is 0.305 e. The summed E-state index contributed by atoms with van der Waals surface area (Å²) >= 11 is 0. The largest absolute Gasteiger partial charge is 0.466 e. The molecule has 0 aromatic carbocycles. The van der Waals surface area contributed by atoms with Crippen LogP contribution >= 0.6 is 0 Å². The van der Waals surface area contributed by atoms with E-state index >= 15 is 0 Å². The van der Waals surface area contributed by atoms with Gasteiger partial charge in [0.05, 0.1) is 6.61 Å². The summed E-state index contributed by atoms with van der Waals surface area (Å²) in [6.45, 7) is 9.32. The summed E-state index contributed by atoms with van der Waals surface area (Å²) in [5, 5.41) is 0. The first-order valence-corrected chi connectivity index (χ1v) is 6.18. The second-order valence-corrected chi connectivity index (χ2v) is 5.04. The Labute approximate surface area is 94.4 Å². The highest BCUT2D eigenvalue weighted by Gasteiger charge is 2.03. The zero-order chi connectivity index (χ0) is 11.7. The average molecular weight is 214 g/mol. The lowest BCUT2D eigenvalue weighted by Crippen LogP contribution is -2.06. The quantitative estimate of drug-likeness (QED) is 0.454. The lowest BCUT2D eigenvalue weighted by atomic mass is 10.1. The van der Waals surface area contributed by atoms with Gasteiger partial charge in [-0.3, -0.25) is 4.79 Å². The Kier molecular flexibility index (Phi) is 8.44. The molecule has 0 unspecified atom stereocenters. The summed E-state index contributed by atoms with van der Waals surface area (Å²) in [6, 6.07) is 0. The van der Waals surface area contributed by atoms with E-state index in [0.717, 1.165) is 25.7 Å². The number of esters is 1. The van der Waals surface area contributed by atoms with E-state index in [0.29, 0.717) is 24.9 Å².